The van der Waals surface area contributed by atoms with Gasteiger partial charge >= 0.3 is 5.97 Å². The van der Waals surface area contributed by atoms with Crippen LogP contribution in [0.15, 0.2) is 48.5 Å². The van der Waals surface area contributed by atoms with Gasteiger partial charge in [0.05, 0.1) is 11.6 Å². The number of halogens is 1. The topological polar surface area (TPSA) is 55.8 Å². The Hall–Kier alpha value is -2.04. The van der Waals surface area contributed by atoms with Crippen molar-refractivity contribution in [2.45, 2.75) is 6.61 Å². The Morgan fingerprint density at radius 1 is 1.10 bits per heavy atom. The van der Waals surface area contributed by atoms with Crippen molar-refractivity contribution in [3.05, 3.63) is 64.7 Å². The summed E-state index contributed by atoms with van der Waals surface area (Å²) in [4.78, 5) is 11.1. The molecule has 5 heteroatoms. The average Bonchev–Trinajstić information content (AvgIpc) is 2.44. The fourth-order valence-electron chi connectivity index (χ4n) is 1.67. The van der Waals surface area contributed by atoms with Crippen molar-refractivity contribution in [2.75, 3.05) is 6.79 Å². The van der Waals surface area contributed by atoms with Gasteiger partial charge in [-0.25, -0.2) is 4.79 Å². The second kappa shape index (κ2) is 6.93. The first-order valence-electron chi connectivity index (χ1n) is 5.95. The van der Waals surface area contributed by atoms with Crippen LogP contribution in [0.1, 0.15) is 15.9 Å². The van der Waals surface area contributed by atoms with Gasteiger partial charge in [0.2, 0.25) is 0 Å². The minimum absolute atomic E-state index is 0.0461. The Labute approximate surface area is 121 Å². The van der Waals surface area contributed by atoms with Crippen LogP contribution in [0.4, 0.5) is 0 Å². The van der Waals surface area contributed by atoms with Crippen LogP contribution < -0.4 is 4.74 Å². The highest BCUT2D eigenvalue weighted by molar-refractivity contribution is 6.33. The molecule has 2 aromatic carbocycles. The molecule has 0 amide bonds. The number of rotatable bonds is 6. The fraction of sp³-hybridized carbons (Fsp3) is 0.133. The van der Waals surface area contributed by atoms with Crippen LogP contribution in [0.5, 0.6) is 5.75 Å². The molecule has 0 saturated heterocycles. The van der Waals surface area contributed by atoms with E-state index in [-0.39, 0.29) is 23.1 Å². The summed E-state index contributed by atoms with van der Waals surface area (Å²) in [5, 5.41) is 9.21. The van der Waals surface area contributed by atoms with Gasteiger partial charge in [-0.15, -0.1) is 0 Å². The minimum atomic E-state index is -1.13. The minimum Gasteiger partial charge on any atom is -0.478 e. The predicted molar refractivity (Wildman–Crippen MR) is 75.1 cm³/mol. The molecule has 0 saturated carbocycles. The van der Waals surface area contributed by atoms with Gasteiger partial charge in [-0.2, -0.15) is 0 Å². The van der Waals surface area contributed by atoms with E-state index < -0.39 is 5.97 Å². The van der Waals surface area contributed by atoms with Crippen molar-refractivity contribution < 1.29 is 19.4 Å². The summed E-state index contributed by atoms with van der Waals surface area (Å²) in [6, 6.07) is 14.3. The Morgan fingerprint density at radius 3 is 2.55 bits per heavy atom. The SMILES string of the molecule is O=C(O)c1c(Cl)cccc1OCOCc1ccccc1. The van der Waals surface area contributed by atoms with Crippen molar-refractivity contribution in [3.63, 3.8) is 0 Å². The van der Waals surface area contributed by atoms with Gasteiger partial charge in [0, 0.05) is 0 Å². The molecule has 1 N–H and O–H groups in total. The van der Waals surface area contributed by atoms with Gasteiger partial charge < -0.3 is 14.6 Å². The molecule has 0 aliphatic carbocycles. The smallest absolute Gasteiger partial charge is 0.341 e. The second-order valence-corrected chi connectivity index (χ2v) is 4.42. The molecule has 0 spiro atoms. The molecule has 0 aliphatic heterocycles. The first-order valence-corrected chi connectivity index (χ1v) is 6.32. The highest BCUT2D eigenvalue weighted by Crippen LogP contribution is 2.26. The van der Waals surface area contributed by atoms with E-state index in [2.05, 4.69) is 0 Å². The first-order chi connectivity index (χ1) is 9.68. The van der Waals surface area contributed by atoms with E-state index in [1.165, 1.54) is 6.07 Å². The van der Waals surface area contributed by atoms with Crippen molar-refractivity contribution in [1.29, 1.82) is 0 Å². The van der Waals surface area contributed by atoms with Crippen LogP contribution in [0.3, 0.4) is 0 Å². The lowest BCUT2D eigenvalue weighted by Crippen LogP contribution is -2.07. The third kappa shape index (κ3) is 3.73. The van der Waals surface area contributed by atoms with E-state index in [1.807, 2.05) is 30.3 Å². The molecule has 0 aromatic heterocycles. The molecule has 0 unspecified atom stereocenters. The molecule has 0 bridgehead atoms. The van der Waals surface area contributed by atoms with Crippen LogP contribution >= 0.6 is 11.6 Å². The standard InChI is InChI=1S/C15H13ClO4/c16-12-7-4-8-13(14(12)15(17)18)20-10-19-9-11-5-2-1-3-6-11/h1-8H,9-10H2,(H,17,18). The molecule has 4 nitrogen and oxygen atoms in total. The monoisotopic (exact) mass is 292 g/mol. The lowest BCUT2D eigenvalue weighted by molar-refractivity contribution is 0.00432. The molecular weight excluding hydrogens is 280 g/mol. The Bertz CT molecular complexity index is 584. The summed E-state index contributed by atoms with van der Waals surface area (Å²) in [6.45, 7) is 0.347. The zero-order chi connectivity index (χ0) is 14.4. The largest absolute Gasteiger partial charge is 0.478 e. The number of aromatic carboxylic acids is 1. The van der Waals surface area contributed by atoms with Crippen LogP contribution in [0.25, 0.3) is 0 Å². The highest BCUT2D eigenvalue weighted by Gasteiger charge is 2.15. The molecule has 2 aromatic rings. The van der Waals surface area contributed by atoms with Crippen molar-refractivity contribution in [1.82, 2.24) is 0 Å². The van der Waals surface area contributed by atoms with E-state index in [0.29, 0.717) is 6.61 Å². The van der Waals surface area contributed by atoms with Gasteiger partial charge in [-0.3, -0.25) is 0 Å². The summed E-state index contributed by atoms with van der Waals surface area (Å²) in [5.74, 6) is -0.938. The van der Waals surface area contributed by atoms with Crippen molar-refractivity contribution >= 4 is 17.6 Å². The van der Waals surface area contributed by atoms with Crippen molar-refractivity contribution in [2.24, 2.45) is 0 Å². The zero-order valence-corrected chi connectivity index (χ0v) is 11.3. The average molecular weight is 293 g/mol. The number of carbonyl (C=O) groups is 1. The van der Waals surface area contributed by atoms with Crippen LogP contribution in [0.2, 0.25) is 5.02 Å². The fourth-order valence-corrected chi connectivity index (χ4v) is 1.92. The van der Waals surface area contributed by atoms with Crippen LogP contribution in [-0.4, -0.2) is 17.9 Å². The third-order valence-electron chi connectivity index (χ3n) is 2.60. The summed E-state index contributed by atoms with van der Waals surface area (Å²) in [7, 11) is 0. The molecule has 0 fully saturated rings. The zero-order valence-electron chi connectivity index (χ0n) is 10.6. The van der Waals surface area contributed by atoms with Crippen LogP contribution in [-0.2, 0) is 11.3 Å². The Morgan fingerprint density at radius 2 is 1.85 bits per heavy atom. The maximum atomic E-state index is 11.1. The quantitative estimate of drug-likeness (QED) is 0.653. The van der Waals surface area contributed by atoms with Gasteiger partial charge in [-0.1, -0.05) is 48.0 Å². The summed E-state index contributed by atoms with van der Waals surface area (Å²) in [5.41, 5.74) is 0.957. The number of ether oxygens (including phenoxy) is 2. The van der Waals surface area contributed by atoms with Crippen molar-refractivity contribution in [3.8, 4) is 5.75 Å². The molecule has 2 rings (SSSR count). The second-order valence-electron chi connectivity index (χ2n) is 4.01. The van der Waals surface area contributed by atoms with Gasteiger partial charge in [0.1, 0.15) is 11.3 Å². The summed E-state index contributed by atoms with van der Waals surface area (Å²) in [6.07, 6.45) is 0. The van der Waals surface area contributed by atoms with E-state index in [4.69, 9.17) is 26.2 Å². The number of hydrogen-bond donors (Lipinski definition) is 1. The first kappa shape index (κ1) is 14.4. The number of hydrogen-bond acceptors (Lipinski definition) is 3. The van der Waals surface area contributed by atoms with E-state index in [1.54, 1.807) is 12.1 Å². The molecule has 0 aliphatic rings. The Balaban J connectivity index is 1.92. The van der Waals surface area contributed by atoms with E-state index in [9.17, 15) is 4.79 Å². The number of carboxylic acid groups (broad SMARTS) is 1. The molecule has 0 radical (unpaired) electrons. The van der Waals surface area contributed by atoms with Gasteiger partial charge in [0.25, 0.3) is 0 Å². The Kier molecular flexibility index (Phi) is 4.98. The maximum Gasteiger partial charge on any atom is 0.341 e. The van der Waals surface area contributed by atoms with Crippen LogP contribution in [0, 0.1) is 0 Å². The summed E-state index contributed by atoms with van der Waals surface area (Å²) < 4.78 is 10.7. The van der Waals surface area contributed by atoms with E-state index in [0.717, 1.165) is 5.56 Å². The molecule has 0 atom stereocenters. The predicted octanol–water partition coefficient (Wildman–Crippen LogP) is 3.59. The third-order valence-corrected chi connectivity index (χ3v) is 2.91. The molecular formula is C15H13ClO4. The lowest BCUT2D eigenvalue weighted by Gasteiger charge is -2.10. The normalized spacial score (nSPS) is 10.2. The number of carboxylic acids is 1. The maximum absolute atomic E-state index is 11.1. The molecule has 104 valence electrons. The molecule has 0 heterocycles. The highest BCUT2D eigenvalue weighted by atomic mass is 35.5. The van der Waals surface area contributed by atoms with E-state index >= 15 is 0 Å². The molecule has 20 heavy (non-hydrogen) atoms. The van der Waals surface area contributed by atoms with Gasteiger partial charge in [0.15, 0.2) is 6.79 Å². The summed E-state index contributed by atoms with van der Waals surface area (Å²) >= 11 is 5.83. The number of benzene rings is 2. The van der Waals surface area contributed by atoms with Gasteiger partial charge in [-0.05, 0) is 17.7 Å². The lowest BCUT2D eigenvalue weighted by atomic mass is 10.2.